The topological polar surface area (TPSA) is 67.6 Å². The van der Waals surface area contributed by atoms with Gasteiger partial charge in [-0.2, -0.15) is 0 Å². The number of carbonyl (C=O) groups is 1. The van der Waals surface area contributed by atoms with E-state index in [1.54, 1.807) is 25.3 Å². The average molecular weight is 277 g/mol. The average Bonchev–Trinajstić information content (AvgIpc) is 2.46. The van der Waals surface area contributed by atoms with Crippen LogP contribution in [-0.2, 0) is 0 Å². The monoisotopic (exact) mass is 277 g/mol. The first kappa shape index (κ1) is 14.7. The molecule has 1 heterocycles. The molecule has 1 saturated heterocycles. The second-order valence-corrected chi connectivity index (χ2v) is 5.30. The van der Waals surface area contributed by atoms with E-state index in [9.17, 15) is 4.79 Å². The Morgan fingerprint density at radius 2 is 2.30 bits per heavy atom. The SMILES string of the molecule is COc1cc(N)ccc1C(=O)NCC1CCCCN1C. The van der Waals surface area contributed by atoms with Crippen molar-refractivity contribution < 1.29 is 9.53 Å². The molecule has 0 radical (unpaired) electrons. The maximum atomic E-state index is 12.2. The number of likely N-dealkylation sites (N-methyl/N-ethyl adjacent to an activating group) is 1. The van der Waals surface area contributed by atoms with Crippen LogP contribution < -0.4 is 15.8 Å². The maximum Gasteiger partial charge on any atom is 0.255 e. The van der Waals surface area contributed by atoms with Crippen LogP contribution in [0.5, 0.6) is 5.75 Å². The number of nitrogen functional groups attached to an aromatic ring is 1. The molecule has 2 rings (SSSR count). The molecule has 5 heteroatoms. The minimum atomic E-state index is -0.110. The van der Waals surface area contributed by atoms with Gasteiger partial charge in [-0.3, -0.25) is 4.79 Å². The number of nitrogens with one attached hydrogen (secondary N) is 1. The Balaban J connectivity index is 1.98. The van der Waals surface area contributed by atoms with Gasteiger partial charge in [-0.05, 0) is 38.6 Å². The van der Waals surface area contributed by atoms with Gasteiger partial charge in [0, 0.05) is 24.3 Å². The molecule has 0 aromatic heterocycles. The van der Waals surface area contributed by atoms with E-state index < -0.39 is 0 Å². The number of likely N-dealkylation sites (tertiary alicyclic amines) is 1. The summed E-state index contributed by atoms with van der Waals surface area (Å²) >= 11 is 0. The molecule has 1 unspecified atom stereocenters. The lowest BCUT2D eigenvalue weighted by Crippen LogP contribution is -2.44. The Hall–Kier alpha value is -1.75. The molecule has 20 heavy (non-hydrogen) atoms. The Labute approximate surface area is 120 Å². The Bertz CT molecular complexity index is 476. The molecule has 1 aliphatic rings. The number of ether oxygens (including phenoxy) is 1. The van der Waals surface area contributed by atoms with Gasteiger partial charge < -0.3 is 20.7 Å². The fourth-order valence-electron chi connectivity index (χ4n) is 2.60. The van der Waals surface area contributed by atoms with Crippen LogP contribution in [0.25, 0.3) is 0 Å². The van der Waals surface area contributed by atoms with E-state index in [-0.39, 0.29) is 5.91 Å². The number of anilines is 1. The fraction of sp³-hybridized carbons (Fsp3) is 0.533. The molecule has 0 aliphatic carbocycles. The highest BCUT2D eigenvalue weighted by Crippen LogP contribution is 2.21. The van der Waals surface area contributed by atoms with E-state index in [0.717, 1.165) is 13.0 Å². The zero-order valence-electron chi connectivity index (χ0n) is 12.2. The molecule has 1 aromatic rings. The summed E-state index contributed by atoms with van der Waals surface area (Å²) in [5.74, 6) is 0.403. The van der Waals surface area contributed by atoms with Gasteiger partial charge in [0.25, 0.3) is 5.91 Å². The molecule has 1 amide bonds. The molecule has 5 nitrogen and oxygen atoms in total. The van der Waals surface area contributed by atoms with Crippen LogP contribution in [0.4, 0.5) is 5.69 Å². The van der Waals surface area contributed by atoms with Gasteiger partial charge in [0.05, 0.1) is 12.7 Å². The summed E-state index contributed by atoms with van der Waals surface area (Å²) in [6, 6.07) is 5.51. The van der Waals surface area contributed by atoms with Crippen LogP contribution in [0, 0.1) is 0 Å². The Morgan fingerprint density at radius 3 is 3.00 bits per heavy atom. The van der Waals surface area contributed by atoms with Crippen LogP contribution in [0.2, 0.25) is 0 Å². The highest BCUT2D eigenvalue weighted by molar-refractivity contribution is 5.97. The quantitative estimate of drug-likeness (QED) is 0.818. The van der Waals surface area contributed by atoms with Crippen LogP contribution in [0.3, 0.4) is 0 Å². The highest BCUT2D eigenvalue weighted by atomic mass is 16.5. The van der Waals surface area contributed by atoms with Gasteiger partial charge in [-0.25, -0.2) is 0 Å². The highest BCUT2D eigenvalue weighted by Gasteiger charge is 2.20. The standard InChI is InChI=1S/C15H23N3O2/c1-18-8-4-3-5-12(18)10-17-15(19)13-7-6-11(16)9-14(13)20-2/h6-7,9,12H,3-5,8,10,16H2,1-2H3,(H,17,19). The number of hydrogen-bond acceptors (Lipinski definition) is 4. The smallest absolute Gasteiger partial charge is 0.255 e. The van der Waals surface area contributed by atoms with Crippen molar-refractivity contribution in [3.05, 3.63) is 23.8 Å². The molecule has 0 spiro atoms. The molecular weight excluding hydrogens is 254 g/mol. The summed E-state index contributed by atoms with van der Waals surface area (Å²) in [5, 5.41) is 2.99. The number of piperidine rings is 1. The van der Waals surface area contributed by atoms with Crippen molar-refractivity contribution in [3.8, 4) is 5.75 Å². The van der Waals surface area contributed by atoms with Crippen molar-refractivity contribution >= 4 is 11.6 Å². The molecule has 0 saturated carbocycles. The van der Waals surface area contributed by atoms with Crippen LogP contribution in [0.1, 0.15) is 29.6 Å². The van der Waals surface area contributed by atoms with Gasteiger partial charge in [0.2, 0.25) is 0 Å². The minimum Gasteiger partial charge on any atom is -0.496 e. The van der Waals surface area contributed by atoms with Crippen LogP contribution in [-0.4, -0.2) is 44.1 Å². The van der Waals surface area contributed by atoms with Crippen LogP contribution in [0.15, 0.2) is 18.2 Å². The summed E-state index contributed by atoms with van der Waals surface area (Å²) < 4.78 is 5.21. The number of amides is 1. The van der Waals surface area contributed by atoms with Gasteiger partial charge in [0.15, 0.2) is 0 Å². The lowest BCUT2D eigenvalue weighted by Gasteiger charge is -2.32. The summed E-state index contributed by atoms with van der Waals surface area (Å²) in [6.07, 6.45) is 3.61. The van der Waals surface area contributed by atoms with E-state index in [4.69, 9.17) is 10.5 Å². The van der Waals surface area contributed by atoms with E-state index in [2.05, 4.69) is 17.3 Å². The summed E-state index contributed by atoms with van der Waals surface area (Å²) in [7, 11) is 3.65. The zero-order valence-corrected chi connectivity index (χ0v) is 12.2. The van der Waals surface area contributed by atoms with Gasteiger partial charge in [0.1, 0.15) is 5.75 Å². The third kappa shape index (κ3) is 3.42. The molecule has 1 aliphatic heterocycles. The molecule has 110 valence electrons. The zero-order chi connectivity index (χ0) is 14.5. The van der Waals surface area contributed by atoms with Crippen molar-refractivity contribution in [3.63, 3.8) is 0 Å². The molecule has 0 bridgehead atoms. The largest absolute Gasteiger partial charge is 0.496 e. The van der Waals surface area contributed by atoms with E-state index in [1.807, 2.05) is 0 Å². The van der Waals surface area contributed by atoms with Gasteiger partial charge >= 0.3 is 0 Å². The molecule has 1 aromatic carbocycles. The minimum absolute atomic E-state index is 0.110. The van der Waals surface area contributed by atoms with Crippen molar-refractivity contribution in [1.82, 2.24) is 10.2 Å². The van der Waals surface area contributed by atoms with Crippen molar-refractivity contribution in [2.45, 2.75) is 25.3 Å². The number of carbonyl (C=O) groups excluding carboxylic acids is 1. The second kappa shape index (κ2) is 6.61. The first-order chi connectivity index (χ1) is 9.61. The fourth-order valence-corrected chi connectivity index (χ4v) is 2.60. The van der Waals surface area contributed by atoms with E-state index >= 15 is 0 Å². The normalized spacial score (nSPS) is 19.6. The molecule has 1 fully saturated rings. The lowest BCUT2D eigenvalue weighted by molar-refractivity contribution is 0.0925. The first-order valence-corrected chi connectivity index (χ1v) is 7.03. The first-order valence-electron chi connectivity index (χ1n) is 7.03. The number of methoxy groups -OCH3 is 1. The summed E-state index contributed by atoms with van der Waals surface area (Å²) in [4.78, 5) is 14.5. The Kier molecular flexibility index (Phi) is 4.84. The van der Waals surface area contributed by atoms with Crippen molar-refractivity contribution in [1.29, 1.82) is 0 Å². The third-order valence-corrected chi connectivity index (χ3v) is 3.89. The van der Waals surface area contributed by atoms with Crippen molar-refractivity contribution in [2.24, 2.45) is 0 Å². The molecular formula is C15H23N3O2. The maximum absolute atomic E-state index is 12.2. The predicted octanol–water partition coefficient (Wildman–Crippen LogP) is 1.49. The molecule has 1 atom stereocenters. The van der Waals surface area contributed by atoms with E-state index in [1.165, 1.54) is 12.8 Å². The lowest BCUT2D eigenvalue weighted by atomic mass is 10.0. The second-order valence-electron chi connectivity index (χ2n) is 5.30. The van der Waals surface area contributed by atoms with Gasteiger partial charge in [-0.1, -0.05) is 6.42 Å². The number of benzene rings is 1. The number of hydrogen-bond donors (Lipinski definition) is 2. The van der Waals surface area contributed by atoms with E-state index in [0.29, 0.717) is 29.6 Å². The van der Waals surface area contributed by atoms with Gasteiger partial charge in [-0.15, -0.1) is 0 Å². The summed E-state index contributed by atoms with van der Waals surface area (Å²) in [6.45, 7) is 1.77. The number of nitrogens with two attached hydrogens (primary N) is 1. The number of nitrogens with zero attached hydrogens (tertiary/aromatic N) is 1. The predicted molar refractivity (Wildman–Crippen MR) is 80.0 cm³/mol. The number of rotatable bonds is 4. The molecule has 3 N–H and O–H groups in total. The third-order valence-electron chi connectivity index (χ3n) is 3.89. The van der Waals surface area contributed by atoms with Crippen LogP contribution >= 0.6 is 0 Å². The summed E-state index contributed by atoms with van der Waals surface area (Å²) in [5.41, 5.74) is 6.81. The Morgan fingerprint density at radius 1 is 1.50 bits per heavy atom. The van der Waals surface area contributed by atoms with Crippen molar-refractivity contribution in [2.75, 3.05) is 33.0 Å².